The highest BCUT2D eigenvalue weighted by molar-refractivity contribution is 9.10. The van der Waals surface area contributed by atoms with Gasteiger partial charge in [-0.25, -0.2) is 8.42 Å². The third-order valence-electron chi connectivity index (χ3n) is 2.79. The summed E-state index contributed by atoms with van der Waals surface area (Å²) in [6.07, 6.45) is 0.704. The van der Waals surface area contributed by atoms with Crippen molar-refractivity contribution in [1.29, 1.82) is 0 Å². The molecule has 7 heteroatoms. The summed E-state index contributed by atoms with van der Waals surface area (Å²) in [5.41, 5.74) is 1.39. The van der Waals surface area contributed by atoms with Gasteiger partial charge in [-0.1, -0.05) is 23.7 Å². The molecule has 2 rings (SSSR count). The summed E-state index contributed by atoms with van der Waals surface area (Å²) < 4.78 is 27.8. The number of benzene rings is 2. The quantitative estimate of drug-likeness (QED) is 0.729. The number of sulfonamides is 1. The van der Waals surface area contributed by atoms with E-state index in [0.717, 1.165) is 5.56 Å². The van der Waals surface area contributed by atoms with Crippen molar-refractivity contribution in [2.75, 3.05) is 10.6 Å². The molecule has 0 saturated carbocycles. The minimum Gasteiger partial charge on any atom is -0.278 e. The second-order valence-electron chi connectivity index (χ2n) is 4.31. The maximum atomic E-state index is 12.3. The van der Waals surface area contributed by atoms with E-state index in [4.69, 9.17) is 23.2 Å². The van der Waals surface area contributed by atoms with Crippen LogP contribution in [0.1, 0.15) is 5.56 Å². The molecule has 2 aromatic rings. The van der Waals surface area contributed by atoms with Gasteiger partial charge in [-0.3, -0.25) is 4.72 Å². The fourth-order valence-corrected chi connectivity index (χ4v) is 3.66. The second kappa shape index (κ2) is 7.01. The van der Waals surface area contributed by atoms with Gasteiger partial charge >= 0.3 is 0 Å². The van der Waals surface area contributed by atoms with Crippen LogP contribution in [0.5, 0.6) is 0 Å². The fourth-order valence-electron chi connectivity index (χ4n) is 1.72. The molecule has 0 aliphatic heterocycles. The molecule has 0 spiro atoms. The fraction of sp³-hybridized carbons (Fsp3) is 0.143. The zero-order chi connectivity index (χ0) is 15.5. The third kappa shape index (κ3) is 4.36. The number of nitrogens with one attached hydrogen (secondary N) is 1. The Morgan fingerprint density at radius 3 is 2.38 bits per heavy atom. The van der Waals surface area contributed by atoms with Crippen LogP contribution in [0.2, 0.25) is 5.02 Å². The number of halogens is 3. The molecule has 112 valence electrons. The Balaban J connectivity index is 2.27. The zero-order valence-corrected chi connectivity index (χ0v) is 14.7. The Morgan fingerprint density at radius 2 is 1.76 bits per heavy atom. The van der Waals surface area contributed by atoms with E-state index in [9.17, 15) is 8.42 Å². The van der Waals surface area contributed by atoms with Crippen molar-refractivity contribution in [3.05, 3.63) is 57.5 Å². The number of rotatable bonds is 5. The molecular formula is C14H12BrCl2NO2S. The Morgan fingerprint density at radius 1 is 1.10 bits per heavy atom. The molecule has 0 aliphatic rings. The van der Waals surface area contributed by atoms with Gasteiger partial charge in [-0.2, -0.15) is 0 Å². The topological polar surface area (TPSA) is 46.2 Å². The van der Waals surface area contributed by atoms with Crippen molar-refractivity contribution in [1.82, 2.24) is 0 Å². The molecule has 1 N–H and O–H groups in total. The monoisotopic (exact) mass is 407 g/mol. The number of hydrogen-bond acceptors (Lipinski definition) is 2. The average molecular weight is 409 g/mol. The molecule has 0 amide bonds. The summed E-state index contributed by atoms with van der Waals surface area (Å²) in [6.45, 7) is 0. The normalized spacial score (nSPS) is 11.4. The Labute approximate surface area is 142 Å². The molecule has 2 aromatic carbocycles. The molecular weight excluding hydrogens is 397 g/mol. The van der Waals surface area contributed by atoms with Crippen molar-refractivity contribution >= 4 is 54.8 Å². The molecule has 3 nitrogen and oxygen atoms in total. The van der Waals surface area contributed by atoms with E-state index in [2.05, 4.69) is 20.7 Å². The number of alkyl halides is 1. The van der Waals surface area contributed by atoms with Gasteiger partial charge in [0.15, 0.2) is 0 Å². The van der Waals surface area contributed by atoms with E-state index >= 15 is 0 Å². The summed E-state index contributed by atoms with van der Waals surface area (Å²) in [4.78, 5) is 0.188. The van der Waals surface area contributed by atoms with Gasteiger partial charge in [0.2, 0.25) is 0 Å². The maximum absolute atomic E-state index is 12.3. The molecule has 0 saturated heterocycles. The molecule has 0 fully saturated rings. The van der Waals surface area contributed by atoms with Crippen LogP contribution >= 0.6 is 39.1 Å². The lowest BCUT2D eigenvalue weighted by Crippen LogP contribution is -2.13. The first-order chi connectivity index (χ1) is 9.92. The van der Waals surface area contributed by atoms with Gasteiger partial charge < -0.3 is 0 Å². The lowest BCUT2D eigenvalue weighted by molar-refractivity contribution is 0.601. The van der Waals surface area contributed by atoms with E-state index in [1.807, 2.05) is 0 Å². The minimum atomic E-state index is -3.66. The summed E-state index contributed by atoms with van der Waals surface area (Å²) in [5.74, 6) is 0.500. The average Bonchev–Trinajstić information content (AvgIpc) is 2.44. The van der Waals surface area contributed by atoms with Crippen LogP contribution in [0.25, 0.3) is 0 Å². The molecule has 0 heterocycles. The highest BCUT2D eigenvalue weighted by atomic mass is 79.9. The Hall–Kier alpha value is -0.750. The maximum Gasteiger partial charge on any atom is 0.261 e. The first kappa shape index (κ1) is 16.6. The summed E-state index contributed by atoms with van der Waals surface area (Å²) in [7, 11) is -3.66. The van der Waals surface area contributed by atoms with Crippen LogP contribution < -0.4 is 4.72 Å². The predicted molar refractivity (Wildman–Crippen MR) is 90.8 cm³/mol. The van der Waals surface area contributed by atoms with Crippen molar-refractivity contribution < 1.29 is 8.42 Å². The second-order valence-corrected chi connectivity index (χ2v) is 7.66. The van der Waals surface area contributed by atoms with Crippen LogP contribution in [0.3, 0.4) is 0 Å². The van der Waals surface area contributed by atoms with Gasteiger partial charge in [0, 0.05) is 15.4 Å². The van der Waals surface area contributed by atoms with E-state index < -0.39 is 10.0 Å². The van der Waals surface area contributed by atoms with Gasteiger partial charge in [-0.05, 0) is 58.2 Å². The number of hydrogen-bond donors (Lipinski definition) is 1. The highest BCUT2D eigenvalue weighted by Gasteiger charge is 2.15. The predicted octanol–water partition coefficient (Wildman–Crippen LogP) is 4.68. The van der Waals surface area contributed by atoms with Gasteiger partial charge in [0.05, 0.1) is 10.6 Å². The van der Waals surface area contributed by atoms with E-state index in [1.165, 1.54) is 0 Å². The van der Waals surface area contributed by atoms with Crippen molar-refractivity contribution in [3.8, 4) is 0 Å². The van der Waals surface area contributed by atoms with Crippen LogP contribution in [0.15, 0.2) is 51.8 Å². The molecule has 0 aliphatic carbocycles. The summed E-state index contributed by atoms with van der Waals surface area (Å²) in [6, 6.07) is 11.5. The smallest absolute Gasteiger partial charge is 0.261 e. The van der Waals surface area contributed by atoms with Gasteiger partial charge in [-0.15, -0.1) is 11.6 Å². The first-order valence-corrected chi connectivity index (χ1v) is 9.24. The largest absolute Gasteiger partial charge is 0.278 e. The number of anilines is 1. The van der Waals surface area contributed by atoms with E-state index in [1.54, 1.807) is 42.5 Å². The van der Waals surface area contributed by atoms with Crippen molar-refractivity contribution in [2.45, 2.75) is 11.3 Å². The SMILES string of the molecule is O=S(=O)(Nc1cc(Cl)ccc1Br)c1ccc(CCCl)cc1. The van der Waals surface area contributed by atoms with Crippen LogP contribution in [0.4, 0.5) is 5.69 Å². The van der Waals surface area contributed by atoms with Crippen molar-refractivity contribution in [2.24, 2.45) is 0 Å². The first-order valence-electron chi connectivity index (χ1n) is 6.05. The molecule has 0 unspecified atom stereocenters. The van der Waals surface area contributed by atoms with Crippen LogP contribution in [-0.4, -0.2) is 14.3 Å². The van der Waals surface area contributed by atoms with E-state index in [0.29, 0.717) is 27.5 Å². The number of aryl methyl sites for hydroxylation is 1. The van der Waals surface area contributed by atoms with Gasteiger partial charge in [0.25, 0.3) is 10.0 Å². The minimum absolute atomic E-state index is 0.188. The lowest BCUT2D eigenvalue weighted by atomic mass is 10.2. The lowest BCUT2D eigenvalue weighted by Gasteiger charge is -2.10. The third-order valence-corrected chi connectivity index (χ3v) is 5.29. The standard InChI is InChI=1S/C14H12BrCl2NO2S/c15-13-6-3-11(17)9-14(13)18-21(19,20)12-4-1-10(2-5-12)7-8-16/h1-6,9,18H,7-8H2. The van der Waals surface area contributed by atoms with Crippen molar-refractivity contribution in [3.63, 3.8) is 0 Å². The van der Waals surface area contributed by atoms with Crippen LogP contribution in [-0.2, 0) is 16.4 Å². The molecule has 0 bridgehead atoms. The molecule has 0 aromatic heterocycles. The summed E-state index contributed by atoms with van der Waals surface area (Å²) >= 11 is 14.8. The van der Waals surface area contributed by atoms with Crippen LogP contribution in [0, 0.1) is 0 Å². The van der Waals surface area contributed by atoms with E-state index in [-0.39, 0.29) is 4.90 Å². The van der Waals surface area contributed by atoms with Gasteiger partial charge in [0.1, 0.15) is 0 Å². The Kier molecular flexibility index (Phi) is 5.54. The molecule has 0 atom stereocenters. The summed E-state index contributed by atoms with van der Waals surface area (Å²) in [5, 5.41) is 0.452. The molecule has 21 heavy (non-hydrogen) atoms. The Bertz CT molecular complexity index is 733. The zero-order valence-electron chi connectivity index (χ0n) is 10.8. The highest BCUT2D eigenvalue weighted by Crippen LogP contribution is 2.28. The molecule has 0 radical (unpaired) electrons.